The number of carboxylic acids is 1. The lowest BCUT2D eigenvalue weighted by Gasteiger charge is -2.31. The highest BCUT2D eigenvalue weighted by Gasteiger charge is 2.40. The van der Waals surface area contributed by atoms with Gasteiger partial charge in [-0.2, -0.15) is 12.6 Å². The molecule has 1 aliphatic rings. The van der Waals surface area contributed by atoms with Crippen LogP contribution in [0.5, 0.6) is 0 Å². The van der Waals surface area contributed by atoms with Gasteiger partial charge in [0, 0.05) is 12.3 Å². The topological polar surface area (TPSA) is 182 Å². The van der Waals surface area contributed by atoms with Crippen LogP contribution in [0.3, 0.4) is 0 Å². The summed E-state index contributed by atoms with van der Waals surface area (Å²) in [6.45, 7) is 2.73. The second-order valence-corrected chi connectivity index (χ2v) is 7.14. The van der Waals surface area contributed by atoms with E-state index in [1.807, 2.05) is 0 Å². The number of carbonyl (C=O) groups is 4. The van der Waals surface area contributed by atoms with Gasteiger partial charge in [0.1, 0.15) is 12.1 Å². The summed E-state index contributed by atoms with van der Waals surface area (Å²) in [4.78, 5) is 49.7. The second kappa shape index (κ2) is 10.6. The van der Waals surface area contributed by atoms with Gasteiger partial charge in [-0.25, -0.2) is 4.79 Å². The molecule has 28 heavy (non-hydrogen) atoms. The zero-order chi connectivity index (χ0) is 21.6. The van der Waals surface area contributed by atoms with E-state index in [0.717, 1.165) is 0 Å². The summed E-state index contributed by atoms with van der Waals surface area (Å²) in [5.74, 6) is -3.46. The van der Waals surface area contributed by atoms with Crippen molar-refractivity contribution in [1.29, 1.82) is 0 Å². The Hall–Kier alpha value is -1.89. The third-order valence-electron chi connectivity index (χ3n) is 4.46. The number of likely N-dealkylation sites (tertiary alicyclic amines) is 1. The van der Waals surface area contributed by atoms with E-state index >= 15 is 0 Å². The molecule has 0 bridgehead atoms. The maximum atomic E-state index is 12.8. The predicted molar refractivity (Wildman–Crippen MR) is 101 cm³/mol. The van der Waals surface area contributed by atoms with Gasteiger partial charge in [-0.15, -0.1) is 0 Å². The fourth-order valence-electron chi connectivity index (χ4n) is 2.85. The number of thiol groups is 1. The Morgan fingerprint density at radius 3 is 2.18 bits per heavy atom. The van der Waals surface area contributed by atoms with Crippen LogP contribution in [0.15, 0.2) is 0 Å². The lowest BCUT2D eigenvalue weighted by molar-refractivity contribution is -0.147. The highest BCUT2D eigenvalue weighted by atomic mass is 32.1. The van der Waals surface area contributed by atoms with Crippen molar-refractivity contribution in [3.8, 4) is 0 Å². The fourth-order valence-corrected chi connectivity index (χ4v) is 3.02. The molecule has 6 unspecified atom stereocenters. The summed E-state index contributed by atoms with van der Waals surface area (Å²) < 4.78 is 0. The van der Waals surface area contributed by atoms with Crippen LogP contribution < -0.4 is 16.4 Å². The molecule has 0 aromatic heterocycles. The van der Waals surface area contributed by atoms with Gasteiger partial charge in [0.05, 0.1) is 18.2 Å². The molecule has 0 radical (unpaired) electrons. The molecule has 160 valence electrons. The van der Waals surface area contributed by atoms with Gasteiger partial charge in [-0.1, -0.05) is 0 Å². The zero-order valence-corrected chi connectivity index (χ0v) is 16.6. The molecule has 0 aliphatic carbocycles. The van der Waals surface area contributed by atoms with E-state index in [1.54, 1.807) is 0 Å². The Balaban J connectivity index is 2.93. The summed E-state index contributed by atoms with van der Waals surface area (Å²) in [6.07, 6.45) is -1.83. The number of nitrogens with zero attached hydrogens (tertiary/aromatic N) is 1. The molecule has 0 aromatic carbocycles. The molecule has 1 rings (SSSR count). The van der Waals surface area contributed by atoms with Gasteiger partial charge in [0.2, 0.25) is 17.7 Å². The first-order valence-corrected chi connectivity index (χ1v) is 9.51. The van der Waals surface area contributed by atoms with Crippen LogP contribution >= 0.6 is 12.6 Å². The van der Waals surface area contributed by atoms with Crippen molar-refractivity contribution in [3.63, 3.8) is 0 Å². The monoisotopic (exact) mass is 420 g/mol. The van der Waals surface area contributed by atoms with Crippen molar-refractivity contribution in [2.24, 2.45) is 5.73 Å². The second-order valence-electron chi connectivity index (χ2n) is 6.77. The van der Waals surface area contributed by atoms with Gasteiger partial charge >= 0.3 is 5.97 Å². The lowest BCUT2D eigenvalue weighted by atomic mass is 10.1. The van der Waals surface area contributed by atoms with Gasteiger partial charge in [-0.05, 0) is 26.7 Å². The summed E-state index contributed by atoms with van der Waals surface area (Å²) >= 11 is 3.91. The Labute approximate surface area is 168 Å². The Bertz CT molecular complexity index is 602. The fraction of sp³-hybridized carbons (Fsp3) is 0.750. The number of hydrogen-bond acceptors (Lipinski definition) is 8. The smallest absolute Gasteiger partial charge is 0.328 e. The van der Waals surface area contributed by atoms with Crippen LogP contribution in [-0.2, 0) is 19.2 Å². The van der Waals surface area contributed by atoms with Gasteiger partial charge in [0.25, 0.3) is 0 Å². The number of aliphatic carboxylic acids is 1. The maximum Gasteiger partial charge on any atom is 0.328 e. The number of carboxylic acid groups (broad SMARTS) is 1. The maximum absolute atomic E-state index is 12.8. The van der Waals surface area contributed by atoms with E-state index in [1.165, 1.54) is 18.7 Å². The van der Waals surface area contributed by atoms with E-state index in [2.05, 4.69) is 23.3 Å². The molecule has 1 heterocycles. The summed E-state index contributed by atoms with van der Waals surface area (Å²) in [7, 11) is 0. The zero-order valence-electron chi connectivity index (χ0n) is 15.7. The highest BCUT2D eigenvalue weighted by molar-refractivity contribution is 7.80. The highest BCUT2D eigenvalue weighted by Crippen LogP contribution is 2.20. The molecule has 1 aliphatic heterocycles. The molecule has 0 spiro atoms. The normalized spacial score (nSPS) is 21.9. The summed E-state index contributed by atoms with van der Waals surface area (Å²) in [5, 5.41) is 33.1. The number of aliphatic hydroxyl groups excluding tert-OH is 2. The molecule has 7 N–H and O–H groups in total. The van der Waals surface area contributed by atoms with E-state index in [0.29, 0.717) is 6.42 Å². The minimum Gasteiger partial charge on any atom is -0.480 e. The van der Waals surface area contributed by atoms with Crippen LogP contribution in [0.2, 0.25) is 0 Å². The van der Waals surface area contributed by atoms with E-state index < -0.39 is 60.1 Å². The van der Waals surface area contributed by atoms with E-state index in [-0.39, 0.29) is 18.7 Å². The minimum absolute atomic E-state index is 0.0389. The predicted octanol–water partition coefficient (Wildman–Crippen LogP) is -2.95. The number of amides is 3. The van der Waals surface area contributed by atoms with Crippen molar-refractivity contribution >= 4 is 36.3 Å². The number of nitrogens with one attached hydrogen (secondary N) is 2. The van der Waals surface area contributed by atoms with Crippen LogP contribution in [0.25, 0.3) is 0 Å². The molecular weight excluding hydrogens is 392 g/mol. The van der Waals surface area contributed by atoms with Crippen molar-refractivity contribution in [3.05, 3.63) is 0 Å². The van der Waals surface area contributed by atoms with Crippen LogP contribution in [-0.4, -0.2) is 92.6 Å². The molecular formula is C16H28N4O7S. The number of carbonyl (C=O) groups excluding carboxylic acids is 3. The lowest BCUT2D eigenvalue weighted by Crippen LogP contribution is -2.60. The Morgan fingerprint density at radius 1 is 1.14 bits per heavy atom. The van der Waals surface area contributed by atoms with Crippen molar-refractivity contribution in [1.82, 2.24) is 15.5 Å². The van der Waals surface area contributed by atoms with Gasteiger partial charge in [-0.3, -0.25) is 14.4 Å². The van der Waals surface area contributed by atoms with Crippen molar-refractivity contribution in [2.45, 2.75) is 63.1 Å². The first-order chi connectivity index (χ1) is 13.0. The molecule has 3 amide bonds. The van der Waals surface area contributed by atoms with Crippen LogP contribution in [0.4, 0.5) is 0 Å². The minimum atomic E-state index is -1.52. The number of aliphatic hydroxyl groups is 2. The Morgan fingerprint density at radius 2 is 1.71 bits per heavy atom. The first-order valence-electron chi connectivity index (χ1n) is 8.87. The van der Waals surface area contributed by atoms with Crippen molar-refractivity contribution in [2.75, 3.05) is 12.3 Å². The standard InChI is InChI=1S/C16H28N4O7S/c1-7(21)11(18-13(23)9(17)6-28)15(25)20-5-3-4-10(20)14(24)19-12(8(2)22)16(26)27/h7-12,21-22,28H,3-6,17H2,1-2H3,(H,18,23)(H,19,24)(H,26,27). The molecule has 12 heteroatoms. The van der Waals surface area contributed by atoms with Crippen LogP contribution in [0.1, 0.15) is 26.7 Å². The SMILES string of the molecule is CC(O)C(NC(=O)C1CCCN1C(=O)C(NC(=O)C(N)CS)C(C)O)C(=O)O. The average molecular weight is 420 g/mol. The van der Waals surface area contributed by atoms with Gasteiger partial charge in [0.15, 0.2) is 6.04 Å². The molecule has 6 atom stereocenters. The van der Waals surface area contributed by atoms with Crippen LogP contribution in [0, 0.1) is 0 Å². The third-order valence-corrected chi connectivity index (χ3v) is 4.86. The summed E-state index contributed by atoms with van der Waals surface area (Å²) in [5.41, 5.74) is 5.57. The first kappa shape index (κ1) is 24.1. The van der Waals surface area contributed by atoms with E-state index in [9.17, 15) is 29.4 Å². The largest absolute Gasteiger partial charge is 0.480 e. The van der Waals surface area contributed by atoms with Crippen molar-refractivity contribution < 1.29 is 34.5 Å². The molecule has 11 nitrogen and oxygen atoms in total. The number of nitrogens with two attached hydrogens (primary N) is 1. The summed E-state index contributed by atoms with van der Waals surface area (Å²) in [6, 6.07) is -4.80. The number of rotatable bonds is 9. The quantitative estimate of drug-likeness (QED) is 0.193. The average Bonchev–Trinajstić information content (AvgIpc) is 3.11. The molecule has 0 aromatic rings. The molecule has 0 saturated carbocycles. The third kappa shape index (κ3) is 6.06. The molecule has 1 saturated heterocycles. The Kier molecular flexibility index (Phi) is 9.14. The van der Waals surface area contributed by atoms with E-state index in [4.69, 9.17) is 10.8 Å². The molecule has 1 fully saturated rings. The number of hydrogen-bond donors (Lipinski definition) is 7. The van der Waals surface area contributed by atoms with Gasteiger partial charge < -0.3 is 36.6 Å².